The third kappa shape index (κ3) is 5.97. The van der Waals surface area contributed by atoms with Gasteiger partial charge in [-0.25, -0.2) is 8.42 Å². The van der Waals surface area contributed by atoms with Crippen molar-refractivity contribution in [1.82, 2.24) is 4.31 Å². The van der Waals surface area contributed by atoms with Crippen LogP contribution >= 0.6 is 31.9 Å². The number of anilines is 1. The van der Waals surface area contributed by atoms with E-state index in [0.29, 0.717) is 0 Å². The van der Waals surface area contributed by atoms with Gasteiger partial charge in [-0.15, -0.1) is 0 Å². The lowest BCUT2D eigenvalue weighted by atomic mass is 9.95. The number of halogens is 2. The molecule has 5 nitrogen and oxygen atoms in total. The van der Waals surface area contributed by atoms with E-state index >= 15 is 0 Å². The molecule has 0 unspecified atom stereocenters. The average Bonchev–Trinajstić information content (AvgIpc) is 2.74. The van der Waals surface area contributed by atoms with Crippen molar-refractivity contribution in [3.8, 4) is 0 Å². The quantitative estimate of drug-likeness (QED) is 0.440. The highest BCUT2D eigenvalue weighted by molar-refractivity contribution is 9.10. The summed E-state index contributed by atoms with van der Waals surface area (Å²) >= 11 is 6.85. The lowest BCUT2D eigenvalue weighted by Crippen LogP contribution is -2.45. The second kappa shape index (κ2) is 10.6. The Morgan fingerprint density at radius 2 is 1.71 bits per heavy atom. The normalized spacial score (nSPS) is 15.3. The van der Waals surface area contributed by atoms with Crippen molar-refractivity contribution >= 4 is 53.5 Å². The van der Waals surface area contributed by atoms with Crippen molar-refractivity contribution in [2.75, 3.05) is 11.9 Å². The molecule has 0 aromatic heterocycles. The molecule has 168 valence electrons. The predicted octanol–water partition coefficient (Wildman–Crippen LogP) is 6.04. The smallest absolute Gasteiger partial charge is 0.243 e. The first-order chi connectivity index (χ1) is 14.7. The van der Waals surface area contributed by atoms with Crippen molar-refractivity contribution in [2.24, 2.45) is 0 Å². The standard InChI is InChI=1S/C23H28Br2N2O3S/c1-3-17-14-19(25)13-16(2)23(17)26-22(28)15-27(20-7-5-4-6-8-20)31(29,30)21-11-9-18(24)10-12-21/h9-14,20H,3-8,15H2,1-2H3,(H,26,28). The van der Waals surface area contributed by atoms with E-state index in [2.05, 4.69) is 37.2 Å². The van der Waals surface area contributed by atoms with Crippen LogP contribution in [0.2, 0.25) is 0 Å². The zero-order valence-corrected chi connectivity index (χ0v) is 21.8. The van der Waals surface area contributed by atoms with Crippen molar-refractivity contribution < 1.29 is 13.2 Å². The Bertz CT molecular complexity index is 1030. The maximum absolute atomic E-state index is 13.5. The maximum atomic E-state index is 13.5. The highest BCUT2D eigenvalue weighted by Gasteiger charge is 2.34. The van der Waals surface area contributed by atoms with Crippen LogP contribution in [0.3, 0.4) is 0 Å². The first kappa shape index (κ1) is 24.4. The number of carbonyl (C=O) groups excluding carboxylic acids is 1. The van der Waals surface area contributed by atoms with Gasteiger partial charge >= 0.3 is 0 Å². The molecule has 0 bridgehead atoms. The number of amides is 1. The molecule has 1 saturated carbocycles. The monoisotopic (exact) mass is 570 g/mol. The van der Waals surface area contributed by atoms with E-state index in [9.17, 15) is 13.2 Å². The molecule has 0 heterocycles. The summed E-state index contributed by atoms with van der Waals surface area (Å²) in [6.07, 6.45) is 5.38. The Morgan fingerprint density at radius 1 is 1.06 bits per heavy atom. The van der Waals surface area contributed by atoms with Crippen LogP contribution in [0.4, 0.5) is 5.69 Å². The average molecular weight is 572 g/mol. The zero-order valence-electron chi connectivity index (χ0n) is 17.8. The topological polar surface area (TPSA) is 66.5 Å². The maximum Gasteiger partial charge on any atom is 0.243 e. The fourth-order valence-electron chi connectivity index (χ4n) is 4.11. The third-order valence-electron chi connectivity index (χ3n) is 5.73. The Hall–Kier alpha value is -1.22. The van der Waals surface area contributed by atoms with Gasteiger partial charge in [0.05, 0.1) is 11.4 Å². The minimum Gasteiger partial charge on any atom is -0.324 e. The summed E-state index contributed by atoms with van der Waals surface area (Å²) in [7, 11) is -3.79. The molecule has 0 aliphatic heterocycles. The predicted molar refractivity (Wildman–Crippen MR) is 132 cm³/mol. The zero-order chi connectivity index (χ0) is 22.6. The number of nitrogens with zero attached hydrogens (tertiary/aromatic N) is 1. The second-order valence-corrected chi connectivity index (χ2v) is 11.7. The van der Waals surface area contributed by atoms with Gasteiger partial charge in [0.1, 0.15) is 0 Å². The molecule has 0 spiro atoms. The fraction of sp³-hybridized carbons (Fsp3) is 0.435. The molecule has 8 heteroatoms. The number of nitrogens with one attached hydrogen (secondary N) is 1. The van der Waals surface area contributed by atoms with E-state index in [0.717, 1.165) is 64.3 Å². The molecule has 1 N–H and O–H groups in total. The summed E-state index contributed by atoms with van der Waals surface area (Å²) in [6, 6.07) is 10.4. The molecule has 1 amide bonds. The van der Waals surface area contributed by atoms with Gasteiger partial charge in [0, 0.05) is 20.7 Å². The minimum atomic E-state index is -3.79. The van der Waals surface area contributed by atoms with Crippen molar-refractivity contribution in [1.29, 1.82) is 0 Å². The molecular weight excluding hydrogens is 544 g/mol. The number of rotatable bonds is 7. The summed E-state index contributed by atoms with van der Waals surface area (Å²) in [4.78, 5) is 13.3. The lowest BCUT2D eigenvalue weighted by Gasteiger charge is -2.33. The SMILES string of the molecule is CCc1cc(Br)cc(C)c1NC(=O)CN(C1CCCCC1)S(=O)(=O)c1ccc(Br)cc1. The molecule has 31 heavy (non-hydrogen) atoms. The van der Waals surface area contributed by atoms with Crippen LogP contribution < -0.4 is 5.32 Å². The van der Waals surface area contributed by atoms with E-state index in [1.807, 2.05) is 26.0 Å². The first-order valence-electron chi connectivity index (χ1n) is 10.6. The van der Waals surface area contributed by atoms with Gasteiger partial charge in [-0.1, -0.05) is 58.0 Å². The van der Waals surface area contributed by atoms with E-state index in [4.69, 9.17) is 0 Å². The number of aryl methyl sites for hydroxylation is 2. The van der Waals surface area contributed by atoms with Crippen LogP contribution in [-0.4, -0.2) is 31.2 Å². The summed E-state index contributed by atoms with van der Waals surface area (Å²) in [6.45, 7) is 3.78. The van der Waals surface area contributed by atoms with Crippen LogP contribution in [0.15, 0.2) is 50.2 Å². The number of benzene rings is 2. The van der Waals surface area contributed by atoms with Crippen molar-refractivity contribution in [3.05, 3.63) is 56.5 Å². The van der Waals surface area contributed by atoms with Crippen LogP contribution in [0.25, 0.3) is 0 Å². The van der Waals surface area contributed by atoms with Crippen LogP contribution in [0, 0.1) is 6.92 Å². The number of hydrogen-bond acceptors (Lipinski definition) is 3. The Balaban J connectivity index is 1.89. The van der Waals surface area contributed by atoms with Gasteiger partial charge in [0.2, 0.25) is 15.9 Å². The molecular formula is C23H28Br2N2O3S. The molecule has 1 aliphatic carbocycles. The van der Waals surface area contributed by atoms with Gasteiger partial charge < -0.3 is 5.32 Å². The second-order valence-electron chi connectivity index (χ2n) is 7.95. The van der Waals surface area contributed by atoms with E-state index < -0.39 is 10.0 Å². The lowest BCUT2D eigenvalue weighted by molar-refractivity contribution is -0.116. The first-order valence-corrected chi connectivity index (χ1v) is 13.6. The number of sulfonamides is 1. The Labute approximate surface area is 201 Å². The molecule has 1 aliphatic rings. The van der Waals surface area contributed by atoms with E-state index in [1.165, 1.54) is 4.31 Å². The molecule has 2 aromatic rings. The van der Waals surface area contributed by atoms with Gasteiger partial charge in [-0.2, -0.15) is 4.31 Å². The van der Waals surface area contributed by atoms with Crippen molar-refractivity contribution in [3.63, 3.8) is 0 Å². The highest BCUT2D eigenvalue weighted by atomic mass is 79.9. The van der Waals surface area contributed by atoms with Gasteiger partial charge in [-0.3, -0.25) is 4.79 Å². The summed E-state index contributed by atoms with van der Waals surface area (Å²) in [5.74, 6) is -0.314. The van der Waals surface area contributed by atoms with Crippen LogP contribution in [-0.2, 0) is 21.2 Å². The fourth-order valence-corrected chi connectivity index (χ4v) is 6.64. The number of hydrogen-bond donors (Lipinski definition) is 1. The molecule has 3 rings (SSSR count). The molecule has 0 radical (unpaired) electrons. The molecule has 0 atom stereocenters. The third-order valence-corrected chi connectivity index (χ3v) is 8.63. The number of carbonyl (C=O) groups is 1. The molecule has 1 fully saturated rings. The Morgan fingerprint density at radius 3 is 2.32 bits per heavy atom. The summed E-state index contributed by atoms with van der Waals surface area (Å²) < 4.78 is 30.2. The molecule has 2 aromatic carbocycles. The van der Waals surface area contributed by atoms with Crippen LogP contribution in [0.5, 0.6) is 0 Å². The van der Waals surface area contributed by atoms with Crippen LogP contribution in [0.1, 0.15) is 50.2 Å². The van der Waals surface area contributed by atoms with E-state index in [1.54, 1.807) is 24.3 Å². The van der Waals surface area contributed by atoms with Gasteiger partial charge in [-0.05, 0) is 73.7 Å². The Kier molecular flexibility index (Phi) is 8.35. The molecule has 0 saturated heterocycles. The summed E-state index contributed by atoms with van der Waals surface area (Å²) in [5, 5.41) is 2.99. The minimum absolute atomic E-state index is 0.162. The van der Waals surface area contributed by atoms with Gasteiger partial charge in [0.25, 0.3) is 0 Å². The van der Waals surface area contributed by atoms with Gasteiger partial charge in [0.15, 0.2) is 0 Å². The summed E-state index contributed by atoms with van der Waals surface area (Å²) in [5.41, 5.74) is 2.72. The van der Waals surface area contributed by atoms with Crippen molar-refractivity contribution in [2.45, 2.75) is 63.3 Å². The largest absolute Gasteiger partial charge is 0.324 e. The van der Waals surface area contributed by atoms with E-state index in [-0.39, 0.29) is 23.4 Å². The highest BCUT2D eigenvalue weighted by Crippen LogP contribution is 2.30.